The van der Waals surface area contributed by atoms with E-state index in [0.29, 0.717) is 23.1 Å². The van der Waals surface area contributed by atoms with Gasteiger partial charge in [-0.2, -0.15) is 0 Å². The molecule has 2 atom stereocenters. The number of hydrogen-bond donors (Lipinski definition) is 0. The minimum absolute atomic E-state index is 0.193. The van der Waals surface area contributed by atoms with E-state index in [0.717, 1.165) is 30.6 Å². The standard InChI is InChI=1S/C23H25N3O2/c1-16-12-17(2)14-25(13-16)21-20(19-6-4-3-5-7-19)22(27)26(23(21)28)15-18-8-10-24-11-9-18/h3-11,16-17H,12-15H2,1-2H3. The Bertz CT molecular complexity index is 898. The first-order valence-electron chi connectivity index (χ1n) is 9.84. The van der Waals surface area contributed by atoms with Gasteiger partial charge in [-0.3, -0.25) is 19.5 Å². The molecule has 0 N–H and O–H groups in total. The van der Waals surface area contributed by atoms with Crippen LogP contribution in [0.15, 0.2) is 60.6 Å². The van der Waals surface area contributed by atoms with E-state index in [1.165, 1.54) is 4.90 Å². The van der Waals surface area contributed by atoms with E-state index in [-0.39, 0.29) is 18.4 Å². The molecule has 0 saturated carbocycles. The summed E-state index contributed by atoms with van der Waals surface area (Å²) in [5.74, 6) is 0.576. The van der Waals surface area contributed by atoms with Gasteiger partial charge >= 0.3 is 0 Å². The molecule has 2 amide bonds. The van der Waals surface area contributed by atoms with Crippen LogP contribution in [-0.4, -0.2) is 39.7 Å². The fraction of sp³-hybridized carbons (Fsp3) is 0.348. The van der Waals surface area contributed by atoms with Crippen molar-refractivity contribution < 1.29 is 9.59 Å². The number of amides is 2. The number of hydrogen-bond acceptors (Lipinski definition) is 4. The van der Waals surface area contributed by atoms with Gasteiger partial charge in [0.05, 0.1) is 12.1 Å². The van der Waals surface area contributed by atoms with Crippen LogP contribution in [0, 0.1) is 11.8 Å². The normalized spacial score (nSPS) is 22.9. The smallest absolute Gasteiger partial charge is 0.278 e. The Morgan fingerprint density at radius 1 is 0.929 bits per heavy atom. The zero-order chi connectivity index (χ0) is 19.7. The highest BCUT2D eigenvalue weighted by Gasteiger charge is 2.42. The average molecular weight is 375 g/mol. The fourth-order valence-electron chi connectivity index (χ4n) is 4.38. The van der Waals surface area contributed by atoms with Crippen LogP contribution in [0.5, 0.6) is 0 Å². The Labute approximate surface area is 165 Å². The van der Waals surface area contributed by atoms with E-state index >= 15 is 0 Å². The molecule has 2 unspecified atom stereocenters. The molecule has 0 aliphatic carbocycles. The predicted octanol–water partition coefficient (Wildman–Crippen LogP) is 3.34. The molecule has 0 spiro atoms. The SMILES string of the molecule is CC1CC(C)CN(C2=C(c3ccccc3)C(=O)N(Cc3ccncc3)C2=O)C1. The van der Waals surface area contributed by atoms with E-state index in [1.54, 1.807) is 12.4 Å². The highest BCUT2D eigenvalue weighted by molar-refractivity contribution is 6.35. The molecule has 144 valence electrons. The van der Waals surface area contributed by atoms with Gasteiger partial charge in [-0.05, 0) is 41.5 Å². The van der Waals surface area contributed by atoms with Crippen LogP contribution in [0.25, 0.3) is 5.57 Å². The quantitative estimate of drug-likeness (QED) is 0.769. The number of nitrogens with zero attached hydrogens (tertiary/aromatic N) is 3. The number of rotatable bonds is 4. The molecule has 2 aliphatic heterocycles. The molecular weight excluding hydrogens is 350 g/mol. The summed E-state index contributed by atoms with van der Waals surface area (Å²) in [5.41, 5.74) is 2.79. The zero-order valence-corrected chi connectivity index (χ0v) is 16.3. The van der Waals surface area contributed by atoms with Crippen molar-refractivity contribution in [3.05, 3.63) is 71.7 Å². The highest BCUT2D eigenvalue weighted by atomic mass is 16.2. The number of benzene rings is 1. The number of piperidine rings is 1. The van der Waals surface area contributed by atoms with Crippen LogP contribution >= 0.6 is 0 Å². The summed E-state index contributed by atoms with van der Waals surface area (Å²) in [6.07, 6.45) is 4.51. The van der Waals surface area contributed by atoms with Gasteiger partial charge in [-0.1, -0.05) is 44.2 Å². The number of carbonyl (C=O) groups excluding carboxylic acids is 2. The molecule has 1 aromatic heterocycles. The average Bonchev–Trinajstić information content (AvgIpc) is 2.93. The van der Waals surface area contributed by atoms with Gasteiger partial charge in [0.2, 0.25) is 0 Å². The second-order valence-corrected chi connectivity index (χ2v) is 7.99. The first-order chi connectivity index (χ1) is 13.5. The van der Waals surface area contributed by atoms with Gasteiger partial charge in [0.15, 0.2) is 0 Å². The zero-order valence-electron chi connectivity index (χ0n) is 16.3. The van der Waals surface area contributed by atoms with Gasteiger partial charge in [0, 0.05) is 25.5 Å². The first kappa shape index (κ1) is 18.4. The topological polar surface area (TPSA) is 53.5 Å². The van der Waals surface area contributed by atoms with Crippen LogP contribution < -0.4 is 0 Å². The lowest BCUT2D eigenvalue weighted by molar-refractivity contribution is -0.138. The second kappa shape index (κ2) is 7.58. The van der Waals surface area contributed by atoms with Crippen molar-refractivity contribution in [2.45, 2.75) is 26.8 Å². The summed E-state index contributed by atoms with van der Waals surface area (Å²) in [6, 6.07) is 13.2. The van der Waals surface area contributed by atoms with E-state index in [4.69, 9.17) is 0 Å². The number of aromatic nitrogens is 1. The highest BCUT2D eigenvalue weighted by Crippen LogP contribution is 2.35. The third-order valence-electron chi connectivity index (χ3n) is 5.48. The van der Waals surface area contributed by atoms with Crippen molar-refractivity contribution >= 4 is 17.4 Å². The Hall–Kier alpha value is -2.95. The largest absolute Gasteiger partial charge is 0.366 e. The van der Waals surface area contributed by atoms with Crippen LogP contribution in [0.2, 0.25) is 0 Å². The molecule has 0 bridgehead atoms. The number of likely N-dealkylation sites (tertiary alicyclic amines) is 1. The maximum Gasteiger partial charge on any atom is 0.278 e. The molecule has 2 aliphatic rings. The molecule has 5 nitrogen and oxygen atoms in total. The van der Waals surface area contributed by atoms with E-state index in [9.17, 15) is 9.59 Å². The van der Waals surface area contributed by atoms with Crippen molar-refractivity contribution in [2.75, 3.05) is 13.1 Å². The van der Waals surface area contributed by atoms with Crippen molar-refractivity contribution in [1.82, 2.24) is 14.8 Å². The van der Waals surface area contributed by atoms with Gasteiger partial charge in [-0.15, -0.1) is 0 Å². The molecule has 1 saturated heterocycles. The molecule has 1 aromatic carbocycles. The molecule has 28 heavy (non-hydrogen) atoms. The van der Waals surface area contributed by atoms with Gasteiger partial charge < -0.3 is 4.90 Å². The van der Waals surface area contributed by atoms with Gasteiger partial charge in [0.1, 0.15) is 5.70 Å². The van der Waals surface area contributed by atoms with Gasteiger partial charge in [-0.25, -0.2) is 0 Å². The maximum absolute atomic E-state index is 13.4. The van der Waals surface area contributed by atoms with Crippen molar-refractivity contribution in [1.29, 1.82) is 0 Å². The van der Waals surface area contributed by atoms with Crippen molar-refractivity contribution in [2.24, 2.45) is 11.8 Å². The lowest BCUT2D eigenvalue weighted by Gasteiger charge is -2.37. The maximum atomic E-state index is 13.4. The van der Waals surface area contributed by atoms with Crippen LogP contribution in [-0.2, 0) is 16.1 Å². The summed E-state index contributed by atoms with van der Waals surface area (Å²) in [6.45, 7) is 6.29. The summed E-state index contributed by atoms with van der Waals surface area (Å²) < 4.78 is 0. The van der Waals surface area contributed by atoms with E-state index in [1.807, 2.05) is 42.5 Å². The van der Waals surface area contributed by atoms with Crippen molar-refractivity contribution in [3.63, 3.8) is 0 Å². The molecule has 2 aromatic rings. The lowest BCUT2D eigenvalue weighted by Crippen LogP contribution is -2.41. The number of imide groups is 1. The van der Waals surface area contributed by atoms with Crippen LogP contribution in [0.1, 0.15) is 31.4 Å². The fourth-order valence-corrected chi connectivity index (χ4v) is 4.38. The predicted molar refractivity (Wildman–Crippen MR) is 108 cm³/mol. The minimum atomic E-state index is -0.214. The van der Waals surface area contributed by atoms with E-state index < -0.39 is 0 Å². The summed E-state index contributed by atoms with van der Waals surface area (Å²) in [5, 5.41) is 0. The second-order valence-electron chi connectivity index (χ2n) is 7.99. The monoisotopic (exact) mass is 375 g/mol. The van der Waals surface area contributed by atoms with Crippen molar-refractivity contribution in [3.8, 4) is 0 Å². The number of pyridine rings is 1. The number of carbonyl (C=O) groups is 2. The Balaban J connectivity index is 1.74. The third kappa shape index (κ3) is 3.44. The summed E-state index contributed by atoms with van der Waals surface area (Å²) in [4.78, 5) is 34.3. The minimum Gasteiger partial charge on any atom is -0.366 e. The lowest BCUT2D eigenvalue weighted by atomic mass is 9.91. The van der Waals surface area contributed by atoms with Gasteiger partial charge in [0.25, 0.3) is 11.8 Å². The Morgan fingerprint density at radius 3 is 2.21 bits per heavy atom. The van der Waals surface area contributed by atoms with E-state index in [2.05, 4.69) is 23.7 Å². The Kier molecular flexibility index (Phi) is 4.99. The molecule has 4 rings (SSSR count). The molecular formula is C23H25N3O2. The summed E-state index contributed by atoms with van der Waals surface area (Å²) >= 11 is 0. The van der Waals surface area contributed by atoms with Crippen LogP contribution in [0.4, 0.5) is 0 Å². The molecule has 0 radical (unpaired) electrons. The van der Waals surface area contributed by atoms with Crippen LogP contribution in [0.3, 0.4) is 0 Å². The first-order valence-corrected chi connectivity index (χ1v) is 9.84. The molecule has 1 fully saturated rings. The molecule has 5 heteroatoms. The molecule has 3 heterocycles. The Morgan fingerprint density at radius 2 is 1.57 bits per heavy atom. The third-order valence-corrected chi connectivity index (χ3v) is 5.48. The summed E-state index contributed by atoms with van der Waals surface area (Å²) in [7, 11) is 0.